The Balaban J connectivity index is 1.64. The Hall–Kier alpha value is -1.67. The number of carbonyl (C=O) groups is 1. The molecule has 3 heterocycles. The number of ether oxygens (including phenoxy) is 1. The highest BCUT2D eigenvalue weighted by molar-refractivity contribution is 9.10. The van der Waals surface area contributed by atoms with Crippen molar-refractivity contribution in [3.8, 4) is 0 Å². The number of fused-ring (bicyclic) bond motifs is 1. The molecule has 0 aliphatic carbocycles. The fourth-order valence-corrected chi connectivity index (χ4v) is 5.22. The van der Waals surface area contributed by atoms with Crippen molar-refractivity contribution in [3.63, 3.8) is 0 Å². The van der Waals surface area contributed by atoms with Gasteiger partial charge in [-0.05, 0) is 41.5 Å². The molecule has 3 aliphatic heterocycles. The summed E-state index contributed by atoms with van der Waals surface area (Å²) in [6.45, 7) is 0.982. The Morgan fingerprint density at radius 1 is 1.03 bits per heavy atom. The lowest BCUT2D eigenvalue weighted by Gasteiger charge is -2.37. The van der Waals surface area contributed by atoms with Crippen molar-refractivity contribution >= 4 is 60.8 Å². The van der Waals surface area contributed by atoms with Gasteiger partial charge in [-0.2, -0.15) is 0 Å². The van der Waals surface area contributed by atoms with Gasteiger partial charge in [0.15, 0.2) is 5.17 Å². The number of hydrogen-bond donors (Lipinski definition) is 0. The summed E-state index contributed by atoms with van der Waals surface area (Å²) < 4.78 is 8.01. The molecular formula is C22H16Br2N2O2S. The van der Waals surface area contributed by atoms with E-state index in [2.05, 4.69) is 62.2 Å². The summed E-state index contributed by atoms with van der Waals surface area (Å²) in [5.74, 6) is 0.524. The Morgan fingerprint density at radius 3 is 2.45 bits per heavy atom. The Morgan fingerprint density at radius 2 is 1.72 bits per heavy atom. The van der Waals surface area contributed by atoms with Crippen molar-refractivity contribution < 1.29 is 9.53 Å². The normalized spacial score (nSPS) is 22.6. The highest BCUT2D eigenvalue weighted by Crippen LogP contribution is 2.44. The van der Waals surface area contributed by atoms with Crippen molar-refractivity contribution in [3.05, 3.63) is 85.4 Å². The highest BCUT2D eigenvalue weighted by Gasteiger charge is 2.42. The summed E-state index contributed by atoms with van der Waals surface area (Å²) in [5, 5.41) is 0.783. The van der Waals surface area contributed by atoms with Gasteiger partial charge in [0, 0.05) is 20.1 Å². The zero-order chi connectivity index (χ0) is 20.0. The summed E-state index contributed by atoms with van der Waals surface area (Å²) in [6, 6.07) is 16.1. The third kappa shape index (κ3) is 3.65. The number of hydrogen-bond acceptors (Lipinski definition) is 4. The minimum absolute atomic E-state index is 0.0947. The first kappa shape index (κ1) is 19.3. The average molecular weight is 532 g/mol. The van der Waals surface area contributed by atoms with E-state index < -0.39 is 0 Å². The van der Waals surface area contributed by atoms with Crippen LogP contribution in [0.25, 0.3) is 6.08 Å². The molecule has 2 aromatic rings. The van der Waals surface area contributed by atoms with Gasteiger partial charge < -0.3 is 4.74 Å². The van der Waals surface area contributed by atoms with Crippen LogP contribution in [0.1, 0.15) is 17.2 Å². The van der Waals surface area contributed by atoms with Crippen LogP contribution in [0.3, 0.4) is 0 Å². The summed E-state index contributed by atoms with van der Waals surface area (Å²) in [5.41, 5.74) is 5.21. The molecule has 1 amide bonds. The monoisotopic (exact) mass is 530 g/mol. The van der Waals surface area contributed by atoms with Crippen molar-refractivity contribution in [2.75, 3.05) is 19.0 Å². The number of amidine groups is 1. The summed E-state index contributed by atoms with van der Waals surface area (Å²) >= 11 is 8.49. The summed E-state index contributed by atoms with van der Waals surface area (Å²) in [4.78, 5) is 19.4. The number of carbonyl (C=O) groups excluding carboxylic acids is 1. The number of amides is 1. The maximum atomic E-state index is 12.7. The lowest BCUT2D eigenvalue weighted by molar-refractivity contribution is -0.125. The first-order valence-corrected chi connectivity index (χ1v) is 11.7. The first-order chi connectivity index (χ1) is 14.1. The molecule has 2 aromatic carbocycles. The average Bonchev–Trinajstić information content (AvgIpc) is 3.10. The minimum atomic E-state index is -0.179. The zero-order valence-corrected chi connectivity index (χ0v) is 19.3. The third-order valence-corrected chi connectivity index (χ3v) is 7.11. The summed E-state index contributed by atoms with van der Waals surface area (Å²) in [7, 11) is 0. The van der Waals surface area contributed by atoms with E-state index in [9.17, 15) is 4.79 Å². The predicted octanol–water partition coefficient (Wildman–Crippen LogP) is 5.57. The van der Waals surface area contributed by atoms with Crippen LogP contribution in [0.2, 0.25) is 0 Å². The van der Waals surface area contributed by atoms with Gasteiger partial charge in [-0.1, -0.05) is 67.9 Å². The van der Waals surface area contributed by atoms with Gasteiger partial charge in [-0.25, -0.2) is 4.99 Å². The molecule has 4 nitrogen and oxygen atoms in total. The topological polar surface area (TPSA) is 41.9 Å². The van der Waals surface area contributed by atoms with E-state index in [0.29, 0.717) is 19.0 Å². The van der Waals surface area contributed by atoms with Gasteiger partial charge in [-0.15, -0.1) is 0 Å². The fraction of sp³-hybridized carbons (Fsp3) is 0.182. The van der Waals surface area contributed by atoms with Crippen molar-refractivity contribution in [1.82, 2.24) is 4.90 Å². The summed E-state index contributed by atoms with van der Waals surface area (Å²) in [6.07, 6.45) is 2.13. The Kier molecular flexibility index (Phi) is 5.24. The molecule has 29 heavy (non-hydrogen) atoms. The second-order valence-corrected chi connectivity index (χ2v) is 9.76. The molecule has 1 atom stereocenters. The van der Waals surface area contributed by atoms with E-state index in [-0.39, 0.29) is 11.9 Å². The standard InChI is InChI=1S/C22H16Br2N2O2S/c23-16-5-1-13(2-6-16)9-15-10-28-11-18-20(15)25-22-26(19(27)12-29-22)21(18)14-3-7-17(24)8-4-14/h1-9,21H,10-12H2/b15-9+. The molecule has 1 fully saturated rings. The molecule has 1 unspecified atom stereocenters. The highest BCUT2D eigenvalue weighted by atomic mass is 79.9. The second-order valence-electron chi connectivity index (χ2n) is 6.99. The molecule has 0 spiro atoms. The number of rotatable bonds is 2. The minimum Gasteiger partial charge on any atom is -0.372 e. The fourth-order valence-electron chi connectivity index (χ4n) is 3.80. The van der Waals surface area contributed by atoms with Gasteiger partial charge in [0.25, 0.3) is 0 Å². The van der Waals surface area contributed by atoms with Gasteiger partial charge in [0.2, 0.25) is 5.91 Å². The van der Waals surface area contributed by atoms with E-state index >= 15 is 0 Å². The van der Waals surface area contributed by atoms with Crippen molar-refractivity contribution in [2.45, 2.75) is 6.04 Å². The van der Waals surface area contributed by atoms with E-state index in [1.807, 2.05) is 29.2 Å². The molecular weight excluding hydrogens is 516 g/mol. The van der Waals surface area contributed by atoms with Crippen LogP contribution in [0.5, 0.6) is 0 Å². The first-order valence-electron chi connectivity index (χ1n) is 9.16. The van der Waals surface area contributed by atoms with Crippen LogP contribution >= 0.6 is 43.6 Å². The van der Waals surface area contributed by atoms with E-state index in [1.54, 1.807) is 0 Å². The molecule has 1 saturated heterocycles. The molecule has 0 radical (unpaired) electrons. The second kappa shape index (κ2) is 7.87. The van der Waals surface area contributed by atoms with Crippen molar-refractivity contribution in [2.24, 2.45) is 4.99 Å². The molecule has 5 rings (SSSR count). The number of benzene rings is 2. The Labute approximate surface area is 190 Å². The maximum absolute atomic E-state index is 12.7. The van der Waals surface area contributed by atoms with E-state index in [4.69, 9.17) is 9.73 Å². The predicted molar refractivity (Wildman–Crippen MR) is 124 cm³/mol. The van der Waals surface area contributed by atoms with Crippen LogP contribution in [0, 0.1) is 0 Å². The number of aliphatic imine (C=N–C) groups is 1. The molecule has 0 bridgehead atoms. The molecule has 7 heteroatoms. The number of nitrogens with zero attached hydrogens (tertiary/aromatic N) is 2. The van der Waals surface area contributed by atoms with Crippen LogP contribution in [-0.2, 0) is 9.53 Å². The van der Waals surface area contributed by atoms with Crippen molar-refractivity contribution in [1.29, 1.82) is 0 Å². The molecule has 146 valence electrons. The lowest BCUT2D eigenvalue weighted by Crippen LogP contribution is -2.40. The number of thioether (sulfide) groups is 1. The third-order valence-electron chi connectivity index (χ3n) is 5.12. The van der Waals surface area contributed by atoms with Crippen LogP contribution in [0.4, 0.5) is 0 Å². The Bertz CT molecular complexity index is 1070. The van der Waals surface area contributed by atoms with E-state index in [1.165, 1.54) is 11.8 Å². The van der Waals surface area contributed by atoms with Crippen LogP contribution in [0.15, 0.2) is 79.3 Å². The van der Waals surface area contributed by atoms with Gasteiger partial charge in [0.1, 0.15) is 0 Å². The van der Waals surface area contributed by atoms with E-state index in [0.717, 1.165) is 42.1 Å². The smallest absolute Gasteiger partial charge is 0.239 e. The number of halogens is 2. The molecule has 0 aromatic heterocycles. The van der Waals surface area contributed by atoms with Crippen LogP contribution in [-0.4, -0.2) is 34.9 Å². The molecule has 0 saturated carbocycles. The van der Waals surface area contributed by atoms with Gasteiger partial charge in [0.05, 0.1) is 30.7 Å². The molecule has 0 N–H and O–H groups in total. The SMILES string of the molecule is O=C1CSC2=NC3=C(COC/C3=C\c3ccc(Br)cc3)C(c3ccc(Br)cc3)N12. The van der Waals surface area contributed by atoms with Gasteiger partial charge in [-0.3, -0.25) is 9.69 Å². The van der Waals surface area contributed by atoms with Gasteiger partial charge >= 0.3 is 0 Å². The van der Waals surface area contributed by atoms with Crippen LogP contribution < -0.4 is 0 Å². The maximum Gasteiger partial charge on any atom is 0.239 e. The quantitative estimate of drug-likeness (QED) is 0.509. The largest absolute Gasteiger partial charge is 0.372 e. The lowest BCUT2D eigenvalue weighted by atomic mass is 9.91. The zero-order valence-electron chi connectivity index (χ0n) is 15.3. The molecule has 3 aliphatic rings.